The van der Waals surface area contributed by atoms with Gasteiger partial charge in [0.15, 0.2) is 6.10 Å². The van der Waals surface area contributed by atoms with Crippen LogP contribution in [0.25, 0.3) is 0 Å². The SMILES string of the molecule is CC/C=C\C/C=C\C/C=C\C/C=C\C/C=C\C/C=C\CCCCC(=O)OCC(COC(=O)CCCCCCCCC/C=C\C/C=C\CCCCC)OC(=O)CCCCCCCCCCC/C=C\CCCCCCCCCC. The zero-order valence-corrected chi connectivity index (χ0v) is 50.4. The molecule has 0 aliphatic rings. The van der Waals surface area contributed by atoms with Crippen LogP contribution in [0.3, 0.4) is 0 Å². The van der Waals surface area contributed by atoms with E-state index in [0.717, 1.165) is 109 Å². The van der Waals surface area contributed by atoms with Crippen LogP contribution in [0.5, 0.6) is 0 Å². The lowest BCUT2D eigenvalue weighted by Gasteiger charge is -2.18. The maximum Gasteiger partial charge on any atom is 0.306 e. The summed E-state index contributed by atoms with van der Waals surface area (Å²) in [5.41, 5.74) is 0. The van der Waals surface area contributed by atoms with Crippen molar-refractivity contribution < 1.29 is 28.6 Å². The molecule has 0 spiro atoms. The van der Waals surface area contributed by atoms with Crippen LogP contribution in [0.4, 0.5) is 0 Å². The summed E-state index contributed by atoms with van der Waals surface area (Å²) in [5.74, 6) is -0.944. The third-order valence-electron chi connectivity index (χ3n) is 13.7. The van der Waals surface area contributed by atoms with Crippen LogP contribution in [0.15, 0.2) is 109 Å². The molecule has 0 radical (unpaired) electrons. The Bertz CT molecular complexity index is 1560. The minimum Gasteiger partial charge on any atom is -0.462 e. The van der Waals surface area contributed by atoms with Gasteiger partial charge in [0, 0.05) is 19.3 Å². The van der Waals surface area contributed by atoms with Crippen LogP contribution in [-0.4, -0.2) is 37.2 Å². The highest BCUT2D eigenvalue weighted by atomic mass is 16.6. The van der Waals surface area contributed by atoms with E-state index >= 15 is 0 Å². The van der Waals surface area contributed by atoms with Crippen molar-refractivity contribution in [1.29, 1.82) is 0 Å². The molecule has 0 saturated heterocycles. The van der Waals surface area contributed by atoms with Gasteiger partial charge in [0.05, 0.1) is 0 Å². The lowest BCUT2D eigenvalue weighted by atomic mass is 10.1. The Morgan fingerprint density at radius 3 is 0.857 bits per heavy atom. The molecule has 1 atom stereocenters. The number of hydrogen-bond donors (Lipinski definition) is 0. The van der Waals surface area contributed by atoms with Crippen molar-refractivity contribution in [1.82, 2.24) is 0 Å². The Labute approximate surface area is 476 Å². The summed E-state index contributed by atoms with van der Waals surface area (Å²) < 4.78 is 16.9. The first kappa shape index (κ1) is 73.1. The highest BCUT2D eigenvalue weighted by Crippen LogP contribution is 2.15. The van der Waals surface area contributed by atoms with Crippen molar-refractivity contribution in [2.45, 2.75) is 309 Å². The fourth-order valence-electron chi connectivity index (χ4n) is 8.88. The van der Waals surface area contributed by atoms with Gasteiger partial charge in [-0.25, -0.2) is 0 Å². The van der Waals surface area contributed by atoms with Crippen LogP contribution >= 0.6 is 0 Å². The minimum absolute atomic E-state index is 0.0974. The largest absolute Gasteiger partial charge is 0.462 e. The second kappa shape index (κ2) is 64.6. The topological polar surface area (TPSA) is 78.9 Å². The summed E-state index contributed by atoms with van der Waals surface area (Å²) >= 11 is 0. The lowest BCUT2D eigenvalue weighted by Crippen LogP contribution is -2.30. The molecule has 0 saturated carbocycles. The number of rotatable bonds is 58. The van der Waals surface area contributed by atoms with E-state index in [1.165, 1.54) is 154 Å². The fourth-order valence-corrected chi connectivity index (χ4v) is 8.88. The molecule has 0 aromatic rings. The number of hydrogen-bond acceptors (Lipinski definition) is 6. The molecule has 6 nitrogen and oxygen atoms in total. The first-order valence-corrected chi connectivity index (χ1v) is 32.4. The van der Waals surface area contributed by atoms with Gasteiger partial charge >= 0.3 is 17.9 Å². The van der Waals surface area contributed by atoms with Crippen molar-refractivity contribution >= 4 is 17.9 Å². The van der Waals surface area contributed by atoms with Crippen molar-refractivity contribution in [2.24, 2.45) is 0 Å². The van der Waals surface area contributed by atoms with E-state index in [2.05, 4.69) is 130 Å². The van der Waals surface area contributed by atoms with Gasteiger partial charge < -0.3 is 14.2 Å². The van der Waals surface area contributed by atoms with Crippen LogP contribution in [0.1, 0.15) is 303 Å². The summed E-state index contributed by atoms with van der Waals surface area (Å²) in [6.07, 6.45) is 88.0. The molecule has 0 heterocycles. The number of carbonyl (C=O) groups excluding carboxylic acids is 3. The molecule has 0 N–H and O–H groups in total. The molecule has 0 amide bonds. The minimum atomic E-state index is -0.804. The average molecular weight is 1070 g/mol. The maximum atomic E-state index is 12.9. The van der Waals surface area contributed by atoms with Gasteiger partial charge in [0.2, 0.25) is 0 Å². The molecule has 0 aromatic carbocycles. The monoisotopic (exact) mass is 1070 g/mol. The van der Waals surface area contributed by atoms with Crippen LogP contribution in [0.2, 0.25) is 0 Å². The van der Waals surface area contributed by atoms with E-state index in [1.807, 2.05) is 0 Å². The number of allylic oxidation sites excluding steroid dienone is 18. The Morgan fingerprint density at radius 2 is 0.506 bits per heavy atom. The Morgan fingerprint density at radius 1 is 0.273 bits per heavy atom. The molecule has 0 bridgehead atoms. The third-order valence-corrected chi connectivity index (χ3v) is 13.7. The fraction of sp³-hybridized carbons (Fsp3) is 0.704. The van der Waals surface area contributed by atoms with E-state index in [9.17, 15) is 14.4 Å². The molecule has 6 heteroatoms. The highest BCUT2D eigenvalue weighted by molar-refractivity contribution is 5.71. The summed E-state index contributed by atoms with van der Waals surface area (Å²) in [7, 11) is 0. The number of ether oxygens (including phenoxy) is 3. The quantitative estimate of drug-likeness (QED) is 0.0261. The maximum absolute atomic E-state index is 12.9. The molecular formula is C71H120O6. The molecule has 440 valence electrons. The van der Waals surface area contributed by atoms with Crippen molar-refractivity contribution in [3.05, 3.63) is 109 Å². The summed E-state index contributed by atoms with van der Waals surface area (Å²) in [4.78, 5) is 38.4. The Hall–Kier alpha value is -3.93. The van der Waals surface area contributed by atoms with Crippen molar-refractivity contribution in [3.63, 3.8) is 0 Å². The second-order valence-electron chi connectivity index (χ2n) is 21.3. The van der Waals surface area contributed by atoms with Crippen LogP contribution < -0.4 is 0 Å². The summed E-state index contributed by atoms with van der Waals surface area (Å²) in [5, 5.41) is 0. The van der Waals surface area contributed by atoms with E-state index in [4.69, 9.17) is 14.2 Å². The number of carbonyl (C=O) groups is 3. The zero-order chi connectivity index (χ0) is 55.7. The van der Waals surface area contributed by atoms with Crippen LogP contribution in [-0.2, 0) is 28.6 Å². The van der Waals surface area contributed by atoms with Crippen molar-refractivity contribution in [2.75, 3.05) is 13.2 Å². The first-order valence-electron chi connectivity index (χ1n) is 32.4. The van der Waals surface area contributed by atoms with Gasteiger partial charge in [0.25, 0.3) is 0 Å². The van der Waals surface area contributed by atoms with Gasteiger partial charge in [-0.3, -0.25) is 14.4 Å². The first-order chi connectivity index (χ1) is 38.0. The molecule has 0 aliphatic heterocycles. The molecular weight excluding hydrogens is 949 g/mol. The predicted octanol–water partition coefficient (Wildman–Crippen LogP) is 22.2. The predicted molar refractivity (Wildman–Crippen MR) is 334 cm³/mol. The molecule has 0 rings (SSSR count). The Kier molecular flexibility index (Phi) is 61.3. The van der Waals surface area contributed by atoms with Crippen LogP contribution in [0, 0.1) is 0 Å². The zero-order valence-electron chi connectivity index (χ0n) is 50.4. The lowest BCUT2D eigenvalue weighted by molar-refractivity contribution is -0.167. The van der Waals surface area contributed by atoms with E-state index in [1.54, 1.807) is 0 Å². The third kappa shape index (κ3) is 62.8. The number of unbranched alkanes of at least 4 members (excludes halogenated alkanes) is 29. The average Bonchev–Trinajstić information content (AvgIpc) is 3.43. The summed E-state index contributed by atoms with van der Waals surface area (Å²) in [6.45, 7) is 6.48. The second-order valence-corrected chi connectivity index (χ2v) is 21.3. The standard InChI is InChI=1S/C71H120O6/c1-4-7-10-13-16-19-22-25-28-31-33-35-37-40-43-46-49-52-55-58-61-64-70(73)76-67-68(66-75-69(72)63-60-57-54-51-48-45-42-39-30-27-24-21-18-15-12-9-6-3)77-71(74)65-62-59-56-53-50-47-44-41-38-36-34-32-29-26-23-20-17-14-11-8-5-2/h7,10,16,18-19,21,25,27-28,30,32-35,40,43,49,52,68H,4-6,8-9,11-15,17,20,22-24,26,29,31,36-39,41-42,44-48,50-51,53-67H2,1-3H3/b10-7-,19-16-,21-18-,28-25-,30-27-,34-32-,35-33-,43-40-,52-49-. The van der Waals surface area contributed by atoms with E-state index < -0.39 is 6.10 Å². The van der Waals surface area contributed by atoms with Gasteiger partial charge in [-0.05, 0) is 128 Å². The van der Waals surface area contributed by atoms with E-state index in [-0.39, 0.29) is 31.1 Å². The van der Waals surface area contributed by atoms with Gasteiger partial charge in [-0.1, -0.05) is 265 Å². The molecule has 77 heavy (non-hydrogen) atoms. The Balaban J connectivity index is 4.47. The van der Waals surface area contributed by atoms with Gasteiger partial charge in [-0.2, -0.15) is 0 Å². The molecule has 0 fully saturated rings. The van der Waals surface area contributed by atoms with E-state index in [0.29, 0.717) is 19.3 Å². The molecule has 0 aliphatic carbocycles. The highest BCUT2D eigenvalue weighted by Gasteiger charge is 2.19. The summed E-state index contributed by atoms with van der Waals surface area (Å²) in [6, 6.07) is 0. The smallest absolute Gasteiger partial charge is 0.306 e. The van der Waals surface area contributed by atoms with Gasteiger partial charge in [0.1, 0.15) is 13.2 Å². The van der Waals surface area contributed by atoms with Crippen molar-refractivity contribution in [3.8, 4) is 0 Å². The molecule has 0 aromatic heterocycles. The normalized spacial score (nSPS) is 12.8. The van der Waals surface area contributed by atoms with Gasteiger partial charge in [-0.15, -0.1) is 0 Å². The number of esters is 3. The molecule has 1 unspecified atom stereocenters.